The summed E-state index contributed by atoms with van der Waals surface area (Å²) >= 11 is 0. The summed E-state index contributed by atoms with van der Waals surface area (Å²) in [4.78, 5) is 55.3. The summed E-state index contributed by atoms with van der Waals surface area (Å²) in [5, 5.41) is 13.0. The molecule has 0 unspecified atom stereocenters. The van der Waals surface area contributed by atoms with Gasteiger partial charge in [0.1, 0.15) is 6.10 Å². The molecule has 1 aromatic carbocycles. The maximum absolute atomic E-state index is 15.6. The molecule has 264 valence electrons. The van der Waals surface area contributed by atoms with Crippen molar-refractivity contribution in [2.45, 2.75) is 123 Å². The van der Waals surface area contributed by atoms with Crippen molar-refractivity contribution in [1.29, 1.82) is 0 Å². The fraction of sp³-hybridized carbons (Fsp3) is 0.667. The van der Waals surface area contributed by atoms with Gasteiger partial charge in [-0.2, -0.15) is 0 Å². The summed E-state index contributed by atoms with van der Waals surface area (Å²) in [6.45, 7) is 15.3. The van der Waals surface area contributed by atoms with Gasteiger partial charge in [0, 0.05) is 25.7 Å². The van der Waals surface area contributed by atoms with Crippen molar-refractivity contribution in [3.63, 3.8) is 0 Å². The van der Waals surface area contributed by atoms with Crippen LogP contribution in [0.3, 0.4) is 0 Å². The van der Waals surface area contributed by atoms with Crippen LogP contribution >= 0.6 is 0 Å². The number of carbonyl (C=O) groups is 4. The topological polar surface area (TPSA) is 144 Å². The molecule has 1 saturated heterocycles. The lowest BCUT2D eigenvalue weighted by molar-refractivity contribution is -0.376. The maximum atomic E-state index is 15.6. The average molecular weight is 687 g/mol. The lowest BCUT2D eigenvalue weighted by atomic mass is 9.47. The Bertz CT molecular complexity index is 1480. The van der Waals surface area contributed by atoms with Crippen molar-refractivity contribution in [3.8, 4) is 0 Å². The molecule has 2 heterocycles. The number of Topliss-reactive ketones (excluding diaryl/α,β-unsaturated/α-hetero) is 1. The van der Waals surface area contributed by atoms with Crippen LogP contribution in [-0.2, 0) is 42.5 Å². The first-order chi connectivity index (χ1) is 22.5. The van der Waals surface area contributed by atoms with E-state index in [0.29, 0.717) is 11.1 Å². The van der Waals surface area contributed by atoms with Crippen molar-refractivity contribution in [2.75, 3.05) is 13.2 Å². The fourth-order valence-corrected chi connectivity index (χ4v) is 11.8. The van der Waals surface area contributed by atoms with Gasteiger partial charge in [-0.1, -0.05) is 52.8 Å². The van der Waals surface area contributed by atoms with Crippen LogP contribution in [0.15, 0.2) is 41.5 Å². The molecular weight excluding hydrogens is 636 g/mol. The summed E-state index contributed by atoms with van der Waals surface area (Å²) < 4.78 is 38.1. The Morgan fingerprint density at radius 1 is 0.979 bits per heavy atom. The molecule has 2 saturated carbocycles. The third kappa shape index (κ3) is 5.38. The van der Waals surface area contributed by atoms with E-state index in [1.807, 2.05) is 0 Å². The maximum Gasteiger partial charge on any atom is 0.338 e. The minimum Gasteiger partial charge on any atom is -0.453 e. The van der Waals surface area contributed by atoms with Crippen molar-refractivity contribution in [2.24, 2.45) is 16.7 Å². The molecule has 0 spiro atoms. The van der Waals surface area contributed by atoms with E-state index >= 15 is 4.79 Å². The van der Waals surface area contributed by atoms with Gasteiger partial charge in [0.2, 0.25) is 5.79 Å². The standard InChI is InChI=1S/C36H50O11Si/c1-10-48(11-2,12-3)47-25-18-26-35(20-42-26,46-23(6)38)29-31(45-32(40)24-16-14-13-15-17-24)36(41)33(7,8)27(21(4)19-43-36)28(44-22(5)37)30(39)34(25,29)9/h13-17,25-26,28-29,31,41H,10-12,18-20H2,1-9H3/t25-,26+,28+,29-,31-,34+,35-,36-/m0/s1. The number of aliphatic hydroxyl groups is 1. The van der Waals surface area contributed by atoms with Gasteiger partial charge >= 0.3 is 17.9 Å². The SMILES string of the molecule is CC[Si](CC)(CC)O[C@H]1C[C@H]2OC[C@@]2(OC(C)=O)[C@H]2[C@H](OC(=O)c3ccccc3)[C@]3(O)OCC(C)=C([C@@H](OC(C)=O)C(=O)[C@]12C)C3(C)C. The van der Waals surface area contributed by atoms with E-state index in [-0.39, 0.29) is 25.2 Å². The quantitative estimate of drug-likeness (QED) is 0.164. The van der Waals surface area contributed by atoms with Crippen molar-refractivity contribution >= 4 is 32.0 Å². The van der Waals surface area contributed by atoms with Crippen LogP contribution < -0.4 is 0 Å². The van der Waals surface area contributed by atoms with Gasteiger partial charge in [0.25, 0.3) is 0 Å². The number of hydrogen-bond donors (Lipinski definition) is 1. The Morgan fingerprint density at radius 3 is 2.12 bits per heavy atom. The molecule has 12 heteroatoms. The monoisotopic (exact) mass is 686 g/mol. The number of ether oxygens (including phenoxy) is 5. The molecule has 0 aromatic heterocycles. The second-order valence-corrected chi connectivity index (χ2v) is 19.3. The third-order valence-electron chi connectivity index (χ3n) is 11.8. The van der Waals surface area contributed by atoms with Crippen molar-refractivity contribution in [3.05, 3.63) is 47.0 Å². The average Bonchev–Trinajstić information content (AvgIpc) is 3.03. The van der Waals surface area contributed by atoms with Crippen LogP contribution in [0.5, 0.6) is 0 Å². The predicted molar refractivity (Wildman–Crippen MR) is 176 cm³/mol. The molecular formula is C36H50O11Si. The highest BCUT2D eigenvalue weighted by atomic mass is 28.4. The normalized spacial score (nSPS) is 35.6. The zero-order valence-electron chi connectivity index (χ0n) is 29.5. The first-order valence-electron chi connectivity index (χ1n) is 17.0. The Hall–Kier alpha value is -2.90. The Balaban J connectivity index is 1.86. The van der Waals surface area contributed by atoms with Crippen LogP contribution in [-0.4, -0.2) is 86.1 Å². The van der Waals surface area contributed by atoms with Crippen molar-refractivity contribution < 1.29 is 52.4 Å². The number of rotatable bonds is 9. The van der Waals surface area contributed by atoms with E-state index in [0.717, 1.165) is 18.1 Å². The van der Waals surface area contributed by atoms with Gasteiger partial charge in [-0.3, -0.25) is 14.4 Å². The van der Waals surface area contributed by atoms with Crippen LogP contribution in [0.4, 0.5) is 0 Å². The lowest BCUT2D eigenvalue weighted by Gasteiger charge is -2.67. The molecule has 0 amide bonds. The smallest absolute Gasteiger partial charge is 0.338 e. The minimum absolute atomic E-state index is 0.120. The van der Waals surface area contributed by atoms with Crippen molar-refractivity contribution in [1.82, 2.24) is 0 Å². The highest BCUT2D eigenvalue weighted by molar-refractivity contribution is 6.73. The summed E-state index contributed by atoms with van der Waals surface area (Å²) in [6.07, 6.45) is -4.39. The number of esters is 3. The Morgan fingerprint density at radius 2 is 1.60 bits per heavy atom. The lowest BCUT2D eigenvalue weighted by Crippen LogP contribution is -2.82. The number of ketones is 1. The number of carbonyl (C=O) groups excluding carboxylic acids is 4. The molecule has 1 N–H and O–H groups in total. The summed E-state index contributed by atoms with van der Waals surface area (Å²) in [7, 11) is -2.46. The van der Waals surface area contributed by atoms with E-state index < -0.39 is 84.6 Å². The molecule has 2 aliphatic heterocycles. The van der Waals surface area contributed by atoms with E-state index in [4.69, 9.17) is 28.1 Å². The van der Waals surface area contributed by atoms with Crippen LogP contribution in [0, 0.1) is 16.7 Å². The van der Waals surface area contributed by atoms with Gasteiger partial charge in [-0.15, -0.1) is 0 Å². The predicted octanol–water partition coefficient (Wildman–Crippen LogP) is 4.91. The number of benzene rings is 1. The van der Waals surface area contributed by atoms with Crippen LogP contribution in [0.2, 0.25) is 18.1 Å². The van der Waals surface area contributed by atoms with E-state index in [1.165, 1.54) is 13.8 Å². The first kappa shape index (κ1) is 36.4. The molecule has 8 atom stereocenters. The van der Waals surface area contributed by atoms with E-state index in [1.54, 1.807) is 58.0 Å². The fourth-order valence-electron chi connectivity index (χ4n) is 8.87. The second-order valence-electron chi connectivity index (χ2n) is 14.5. The molecule has 1 aromatic rings. The zero-order valence-corrected chi connectivity index (χ0v) is 30.5. The summed E-state index contributed by atoms with van der Waals surface area (Å²) in [5.41, 5.74) is -3.42. The van der Waals surface area contributed by atoms with Crippen LogP contribution in [0.25, 0.3) is 0 Å². The molecule has 5 rings (SSSR count). The van der Waals surface area contributed by atoms with E-state index in [2.05, 4.69) is 20.8 Å². The summed E-state index contributed by atoms with van der Waals surface area (Å²) in [6, 6.07) is 10.6. The largest absolute Gasteiger partial charge is 0.453 e. The summed E-state index contributed by atoms with van der Waals surface area (Å²) in [5.74, 6) is -6.09. The molecule has 2 aliphatic carbocycles. The Kier molecular flexibility index (Phi) is 9.68. The highest BCUT2D eigenvalue weighted by Crippen LogP contribution is 2.64. The molecule has 0 radical (unpaired) electrons. The molecule has 48 heavy (non-hydrogen) atoms. The molecule has 4 aliphatic rings. The van der Waals surface area contributed by atoms with Gasteiger partial charge in [0.15, 0.2) is 31.9 Å². The molecule has 3 fully saturated rings. The number of hydrogen-bond acceptors (Lipinski definition) is 11. The van der Waals surface area contributed by atoms with Gasteiger partial charge in [0.05, 0.1) is 36.2 Å². The van der Waals surface area contributed by atoms with Crippen LogP contribution in [0.1, 0.15) is 79.1 Å². The number of fused-ring (bicyclic) bond motifs is 5. The first-order valence-corrected chi connectivity index (χ1v) is 19.5. The highest BCUT2D eigenvalue weighted by Gasteiger charge is 2.79. The second kappa shape index (κ2) is 12.8. The van der Waals surface area contributed by atoms with Gasteiger partial charge in [-0.25, -0.2) is 4.79 Å². The van der Waals surface area contributed by atoms with E-state index in [9.17, 15) is 19.5 Å². The van der Waals surface area contributed by atoms with Gasteiger partial charge < -0.3 is 33.2 Å². The molecule has 2 bridgehead atoms. The zero-order chi connectivity index (χ0) is 35.4. The molecule has 11 nitrogen and oxygen atoms in total. The Labute approximate surface area is 283 Å². The third-order valence-corrected chi connectivity index (χ3v) is 16.4. The minimum atomic E-state index is -2.46. The van der Waals surface area contributed by atoms with Gasteiger partial charge in [-0.05, 0) is 55.3 Å².